The van der Waals surface area contributed by atoms with Crippen LogP contribution in [0.15, 0.2) is 12.1 Å². The maximum Gasteiger partial charge on any atom is 0.319 e. The zero-order valence-corrected chi connectivity index (χ0v) is 10.3. The van der Waals surface area contributed by atoms with Crippen molar-refractivity contribution in [2.24, 2.45) is 5.73 Å². The number of hydrogen-bond donors (Lipinski definition) is 1. The Bertz CT molecular complexity index is 501. The van der Waals surface area contributed by atoms with Gasteiger partial charge in [0.05, 0.1) is 12.3 Å². The standard InChI is InChI=1S/C12H15N3O3/c1-3-18-10-5-4-8-11(14-10)9(16)6-7(2)15(8)12(13)17/h4-5,7H,3,6H2,1-2H3,(H2,13,17). The van der Waals surface area contributed by atoms with Crippen molar-refractivity contribution in [1.82, 2.24) is 4.98 Å². The van der Waals surface area contributed by atoms with Gasteiger partial charge < -0.3 is 10.5 Å². The highest BCUT2D eigenvalue weighted by Gasteiger charge is 2.33. The average Bonchev–Trinajstić information content (AvgIpc) is 2.29. The Morgan fingerprint density at radius 1 is 1.61 bits per heavy atom. The molecule has 2 N–H and O–H groups in total. The number of amides is 2. The molecule has 18 heavy (non-hydrogen) atoms. The second-order valence-corrected chi connectivity index (χ2v) is 4.13. The van der Waals surface area contributed by atoms with E-state index in [1.807, 2.05) is 6.92 Å². The van der Waals surface area contributed by atoms with Gasteiger partial charge in [-0.1, -0.05) is 0 Å². The van der Waals surface area contributed by atoms with E-state index in [0.717, 1.165) is 0 Å². The molecule has 0 aliphatic carbocycles. The number of primary amides is 1. The zero-order valence-electron chi connectivity index (χ0n) is 10.3. The summed E-state index contributed by atoms with van der Waals surface area (Å²) in [4.78, 5) is 28.9. The summed E-state index contributed by atoms with van der Waals surface area (Å²) in [6.07, 6.45) is 0.221. The lowest BCUT2D eigenvalue weighted by atomic mass is 10.00. The van der Waals surface area contributed by atoms with Crippen LogP contribution >= 0.6 is 0 Å². The minimum atomic E-state index is -0.581. The number of hydrogen-bond acceptors (Lipinski definition) is 4. The molecule has 6 heteroatoms. The second-order valence-electron chi connectivity index (χ2n) is 4.13. The number of rotatable bonds is 2. The zero-order chi connectivity index (χ0) is 13.3. The molecule has 2 rings (SSSR count). The molecule has 1 aromatic heterocycles. The van der Waals surface area contributed by atoms with Gasteiger partial charge in [0.15, 0.2) is 5.78 Å². The molecule has 0 spiro atoms. The van der Waals surface area contributed by atoms with E-state index >= 15 is 0 Å². The van der Waals surface area contributed by atoms with E-state index in [4.69, 9.17) is 10.5 Å². The number of urea groups is 1. The summed E-state index contributed by atoms with van der Waals surface area (Å²) in [5.41, 5.74) is 6.03. The number of anilines is 1. The Kier molecular flexibility index (Phi) is 3.18. The maximum atomic E-state index is 11.9. The van der Waals surface area contributed by atoms with E-state index in [1.54, 1.807) is 19.1 Å². The number of aromatic nitrogens is 1. The molecule has 1 atom stereocenters. The van der Waals surface area contributed by atoms with Crippen LogP contribution in [0.3, 0.4) is 0 Å². The van der Waals surface area contributed by atoms with Gasteiger partial charge in [-0.25, -0.2) is 9.78 Å². The maximum absolute atomic E-state index is 11.9. The van der Waals surface area contributed by atoms with E-state index in [0.29, 0.717) is 18.2 Å². The third-order valence-corrected chi connectivity index (χ3v) is 2.82. The summed E-state index contributed by atoms with van der Waals surface area (Å²) in [6, 6.07) is 2.44. The minimum absolute atomic E-state index is 0.100. The molecule has 0 fully saturated rings. The van der Waals surface area contributed by atoms with Gasteiger partial charge in [-0.15, -0.1) is 0 Å². The predicted octanol–water partition coefficient (Wildman–Crippen LogP) is 1.34. The second kappa shape index (κ2) is 4.64. The van der Waals surface area contributed by atoms with Crippen molar-refractivity contribution in [3.05, 3.63) is 17.8 Å². The molecule has 1 aromatic rings. The molecule has 2 heterocycles. The fourth-order valence-corrected chi connectivity index (χ4v) is 2.09. The number of nitrogens with two attached hydrogens (primary N) is 1. The molecule has 1 unspecified atom stereocenters. The Balaban J connectivity index is 2.48. The first-order valence-corrected chi connectivity index (χ1v) is 5.80. The number of ketones is 1. The first-order chi connectivity index (χ1) is 8.54. The Hall–Kier alpha value is -2.11. The largest absolute Gasteiger partial charge is 0.478 e. The van der Waals surface area contributed by atoms with E-state index in [1.165, 1.54) is 4.90 Å². The van der Waals surface area contributed by atoms with Crippen LogP contribution in [0, 0.1) is 0 Å². The molecule has 1 aliphatic heterocycles. The fraction of sp³-hybridized carbons (Fsp3) is 0.417. The quantitative estimate of drug-likeness (QED) is 0.857. The van der Waals surface area contributed by atoms with Crippen LogP contribution < -0.4 is 15.4 Å². The normalized spacial score (nSPS) is 18.4. The number of nitrogens with zero attached hydrogens (tertiary/aromatic N) is 2. The Morgan fingerprint density at radius 2 is 2.33 bits per heavy atom. The van der Waals surface area contributed by atoms with E-state index in [2.05, 4.69) is 4.98 Å². The highest BCUT2D eigenvalue weighted by molar-refractivity contribution is 6.07. The smallest absolute Gasteiger partial charge is 0.319 e. The van der Waals surface area contributed by atoms with Gasteiger partial charge in [0.2, 0.25) is 5.88 Å². The first kappa shape index (κ1) is 12.3. The van der Waals surface area contributed by atoms with Crippen LogP contribution in [-0.2, 0) is 0 Å². The van der Waals surface area contributed by atoms with Crippen molar-refractivity contribution in [2.75, 3.05) is 11.5 Å². The number of carbonyl (C=O) groups is 2. The molecular weight excluding hydrogens is 234 g/mol. The number of fused-ring (bicyclic) bond motifs is 1. The van der Waals surface area contributed by atoms with E-state index in [-0.39, 0.29) is 23.9 Å². The van der Waals surface area contributed by atoms with Gasteiger partial charge in [0.25, 0.3) is 0 Å². The number of pyridine rings is 1. The monoisotopic (exact) mass is 249 g/mol. The first-order valence-electron chi connectivity index (χ1n) is 5.80. The lowest BCUT2D eigenvalue weighted by Crippen LogP contribution is -2.47. The number of Topliss-reactive ketones (excluding diaryl/α,β-unsaturated/α-hetero) is 1. The summed E-state index contributed by atoms with van der Waals surface area (Å²) in [5.74, 6) is 0.278. The molecule has 0 saturated carbocycles. The summed E-state index contributed by atoms with van der Waals surface area (Å²) in [5, 5.41) is 0. The summed E-state index contributed by atoms with van der Waals surface area (Å²) >= 11 is 0. The van der Waals surface area contributed by atoms with Gasteiger partial charge in [0.1, 0.15) is 5.69 Å². The Labute approximate surface area is 105 Å². The highest BCUT2D eigenvalue weighted by Crippen LogP contribution is 2.30. The van der Waals surface area contributed by atoms with Gasteiger partial charge >= 0.3 is 6.03 Å². The predicted molar refractivity (Wildman–Crippen MR) is 65.9 cm³/mol. The van der Waals surface area contributed by atoms with Crippen molar-refractivity contribution in [3.8, 4) is 5.88 Å². The molecule has 0 radical (unpaired) electrons. The van der Waals surface area contributed by atoms with E-state index < -0.39 is 6.03 Å². The van der Waals surface area contributed by atoms with Crippen molar-refractivity contribution < 1.29 is 14.3 Å². The van der Waals surface area contributed by atoms with Crippen LogP contribution in [0.2, 0.25) is 0 Å². The third-order valence-electron chi connectivity index (χ3n) is 2.82. The van der Waals surface area contributed by atoms with Gasteiger partial charge in [0, 0.05) is 18.5 Å². The van der Waals surface area contributed by atoms with Crippen LogP contribution in [0.25, 0.3) is 0 Å². The van der Waals surface area contributed by atoms with Crippen LogP contribution in [0.1, 0.15) is 30.8 Å². The molecule has 0 bridgehead atoms. The molecule has 2 amide bonds. The molecule has 0 saturated heterocycles. The van der Waals surface area contributed by atoms with Gasteiger partial charge in [-0.05, 0) is 19.9 Å². The molecular formula is C12H15N3O3. The van der Waals surface area contributed by atoms with Crippen molar-refractivity contribution >= 4 is 17.5 Å². The van der Waals surface area contributed by atoms with Gasteiger partial charge in [-0.3, -0.25) is 9.69 Å². The van der Waals surface area contributed by atoms with Crippen LogP contribution in [0.4, 0.5) is 10.5 Å². The lowest BCUT2D eigenvalue weighted by molar-refractivity contribution is 0.0964. The van der Waals surface area contributed by atoms with Crippen LogP contribution in [-0.4, -0.2) is 29.4 Å². The Morgan fingerprint density at radius 3 is 2.94 bits per heavy atom. The highest BCUT2D eigenvalue weighted by atomic mass is 16.5. The fourth-order valence-electron chi connectivity index (χ4n) is 2.09. The SMILES string of the molecule is CCOc1ccc2c(n1)C(=O)CC(C)N2C(N)=O. The minimum Gasteiger partial charge on any atom is -0.478 e. The number of carbonyl (C=O) groups excluding carboxylic acids is 2. The summed E-state index contributed by atoms with van der Waals surface area (Å²) in [6.45, 7) is 4.08. The molecule has 1 aliphatic rings. The molecule has 6 nitrogen and oxygen atoms in total. The van der Waals surface area contributed by atoms with Crippen LogP contribution in [0.5, 0.6) is 5.88 Å². The molecule has 96 valence electrons. The van der Waals surface area contributed by atoms with Crippen molar-refractivity contribution in [1.29, 1.82) is 0 Å². The third kappa shape index (κ3) is 2.01. The molecule has 0 aromatic carbocycles. The summed E-state index contributed by atoms with van der Waals surface area (Å²) in [7, 11) is 0. The topological polar surface area (TPSA) is 85.5 Å². The number of ether oxygens (including phenoxy) is 1. The van der Waals surface area contributed by atoms with E-state index in [9.17, 15) is 9.59 Å². The average molecular weight is 249 g/mol. The summed E-state index contributed by atoms with van der Waals surface area (Å²) < 4.78 is 5.24. The van der Waals surface area contributed by atoms with Gasteiger partial charge in [-0.2, -0.15) is 0 Å². The lowest BCUT2D eigenvalue weighted by Gasteiger charge is -2.32. The van der Waals surface area contributed by atoms with Crippen molar-refractivity contribution in [2.45, 2.75) is 26.3 Å². The van der Waals surface area contributed by atoms with Crippen molar-refractivity contribution in [3.63, 3.8) is 0 Å².